The molecule has 1 amide bonds. The number of pyridine rings is 1. The number of anilines is 2. The van der Waals surface area contributed by atoms with Crippen LogP contribution in [0.3, 0.4) is 0 Å². The molecule has 168 valence electrons. The van der Waals surface area contributed by atoms with Crippen LogP contribution in [0.25, 0.3) is 11.7 Å². The molecule has 0 N–H and O–H groups in total. The normalized spacial score (nSPS) is 18.1. The number of carbonyl (C=O) groups is 1. The van der Waals surface area contributed by atoms with Crippen LogP contribution in [0.1, 0.15) is 11.1 Å². The second kappa shape index (κ2) is 8.64. The maximum atomic E-state index is 13.6. The third kappa shape index (κ3) is 3.91. The number of thioether (sulfide) groups is 1. The summed E-state index contributed by atoms with van der Waals surface area (Å²) in [6.07, 6.45) is 3.38. The van der Waals surface area contributed by atoms with Crippen LogP contribution in [0.15, 0.2) is 58.4 Å². The lowest BCUT2D eigenvalue weighted by molar-refractivity contribution is -0.121. The summed E-state index contributed by atoms with van der Waals surface area (Å²) in [7, 11) is 1.65. The molecule has 0 aliphatic carbocycles. The Labute approximate surface area is 201 Å². The van der Waals surface area contributed by atoms with E-state index in [2.05, 4.69) is 21.9 Å². The largest absolute Gasteiger partial charge is 0.368 e. The minimum Gasteiger partial charge on any atom is -0.368 e. The molecular weight excluding hydrogens is 454 g/mol. The third-order valence-electron chi connectivity index (χ3n) is 6.03. The molecule has 7 nitrogen and oxygen atoms in total. The topological polar surface area (TPSA) is 61.2 Å². The maximum absolute atomic E-state index is 13.6. The van der Waals surface area contributed by atoms with Crippen LogP contribution in [0.2, 0.25) is 0 Å². The molecule has 5 rings (SSSR count). The van der Waals surface area contributed by atoms with Gasteiger partial charge in [0.25, 0.3) is 11.5 Å². The van der Waals surface area contributed by atoms with Crippen molar-refractivity contribution in [2.24, 2.45) is 0 Å². The van der Waals surface area contributed by atoms with Crippen LogP contribution in [-0.4, -0.2) is 57.7 Å². The number of para-hydroxylation sites is 1. The lowest BCUT2D eigenvalue weighted by Gasteiger charge is -2.37. The number of carbonyl (C=O) groups excluding carboxylic acids is 1. The van der Waals surface area contributed by atoms with Gasteiger partial charge in [0.1, 0.15) is 15.8 Å². The van der Waals surface area contributed by atoms with Crippen molar-refractivity contribution < 1.29 is 4.79 Å². The first-order valence-corrected chi connectivity index (χ1v) is 11.9. The third-order valence-corrected chi connectivity index (χ3v) is 7.51. The first-order valence-electron chi connectivity index (χ1n) is 10.7. The number of thiocarbonyl (C=S) groups is 1. The molecule has 4 heterocycles. The van der Waals surface area contributed by atoms with Gasteiger partial charge < -0.3 is 9.80 Å². The van der Waals surface area contributed by atoms with E-state index in [-0.39, 0.29) is 11.5 Å². The van der Waals surface area contributed by atoms with E-state index in [4.69, 9.17) is 17.2 Å². The number of aromatic nitrogens is 2. The standard InChI is InChI=1S/C24H23N5O2S2/c1-16-7-6-10-29-20(16)25-21(18(22(29)30)15-19-23(31)26(2)24(32)33-19)28-13-11-27(12-14-28)17-8-4-3-5-9-17/h3-10,15H,11-14H2,1-2H3/b19-15-. The molecule has 0 spiro atoms. The molecule has 0 saturated carbocycles. The van der Waals surface area contributed by atoms with Gasteiger partial charge in [0.2, 0.25) is 0 Å². The number of aryl methyl sites for hydroxylation is 1. The van der Waals surface area contributed by atoms with Crippen LogP contribution in [0.4, 0.5) is 11.5 Å². The molecule has 2 aliphatic heterocycles. The zero-order chi connectivity index (χ0) is 23.1. The van der Waals surface area contributed by atoms with Gasteiger partial charge in [0.15, 0.2) is 0 Å². The molecule has 2 saturated heterocycles. The zero-order valence-electron chi connectivity index (χ0n) is 18.4. The van der Waals surface area contributed by atoms with E-state index in [1.807, 2.05) is 37.3 Å². The van der Waals surface area contributed by atoms with E-state index in [9.17, 15) is 9.59 Å². The Balaban J connectivity index is 1.57. The van der Waals surface area contributed by atoms with Crippen molar-refractivity contribution in [1.29, 1.82) is 0 Å². The van der Waals surface area contributed by atoms with Crippen LogP contribution < -0.4 is 15.4 Å². The van der Waals surface area contributed by atoms with Crippen molar-refractivity contribution in [2.75, 3.05) is 43.0 Å². The first-order chi connectivity index (χ1) is 15.9. The zero-order valence-corrected chi connectivity index (χ0v) is 20.0. The van der Waals surface area contributed by atoms with E-state index < -0.39 is 0 Å². The summed E-state index contributed by atoms with van der Waals surface area (Å²) < 4.78 is 2.03. The summed E-state index contributed by atoms with van der Waals surface area (Å²) in [5, 5.41) is 0. The molecule has 2 aromatic heterocycles. The van der Waals surface area contributed by atoms with E-state index in [1.54, 1.807) is 23.7 Å². The van der Waals surface area contributed by atoms with Gasteiger partial charge in [-0.2, -0.15) is 0 Å². The van der Waals surface area contributed by atoms with Gasteiger partial charge >= 0.3 is 0 Å². The summed E-state index contributed by atoms with van der Waals surface area (Å²) >= 11 is 6.48. The molecule has 2 aliphatic rings. The molecule has 0 unspecified atom stereocenters. The van der Waals surface area contributed by atoms with E-state index in [0.29, 0.717) is 26.3 Å². The number of amides is 1. The number of piperazine rings is 1. The van der Waals surface area contributed by atoms with Crippen molar-refractivity contribution in [3.8, 4) is 0 Å². The van der Waals surface area contributed by atoms with E-state index >= 15 is 0 Å². The van der Waals surface area contributed by atoms with Gasteiger partial charge in [-0.25, -0.2) is 4.98 Å². The maximum Gasteiger partial charge on any atom is 0.267 e. The Kier molecular flexibility index (Phi) is 5.67. The van der Waals surface area contributed by atoms with Crippen molar-refractivity contribution >= 4 is 57.4 Å². The molecule has 1 aromatic carbocycles. The van der Waals surface area contributed by atoms with Crippen LogP contribution >= 0.6 is 24.0 Å². The van der Waals surface area contributed by atoms with E-state index in [0.717, 1.165) is 31.7 Å². The van der Waals surface area contributed by atoms with E-state index in [1.165, 1.54) is 22.3 Å². The Morgan fingerprint density at radius 1 is 1.00 bits per heavy atom. The summed E-state index contributed by atoms with van der Waals surface area (Å²) in [4.78, 5) is 37.5. The molecule has 9 heteroatoms. The average Bonchev–Trinajstić information content (AvgIpc) is 3.08. The number of likely N-dealkylation sites (N-methyl/N-ethyl adjacent to an activating group) is 1. The summed E-state index contributed by atoms with van der Waals surface area (Å²) in [6, 6.07) is 14.1. The molecular formula is C24H23N5O2S2. The van der Waals surface area contributed by atoms with Crippen LogP contribution in [0.5, 0.6) is 0 Å². The van der Waals surface area contributed by atoms with Crippen molar-refractivity contribution in [2.45, 2.75) is 6.92 Å². The fourth-order valence-electron chi connectivity index (χ4n) is 4.16. The number of hydrogen-bond acceptors (Lipinski definition) is 7. The van der Waals surface area contributed by atoms with Crippen molar-refractivity contribution in [3.05, 3.63) is 75.0 Å². The van der Waals surface area contributed by atoms with Gasteiger partial charge in [-0.3, -0.25) is 18.9 Å². The second-order valence-electron chi connectivity index (χ2n) is 8.09. The Morgan fingerprint density at radius 3 is 2.36 bits per heavy atom. The molecule has 0 atom stereocenters. The quantitative estimate of drug-likeness (QED) is 0.424. The van der Waals surface area contributed by atoms with Crippen LogP contribution in [-0.2, 0) is 4.79 Å². The smallest absolute Gasteiger partial charge is 0.267 e. The highest BCUT2D eigenvalue weighted by molar-refractivity contribution is 8.26. The number of rotatable bonds is 3. The van der Waals surface area contributed by atoms with Gasteiger partial charge in [-0.1, -0.05) is 48.2 Å². The highest BCUT2D eigenvalue weighted by Gasteiger charge is 2.30. The predicted molar refractivity (Wildman–Crippen MR) is 138 cm³/mol. The molecule has 0 bridgehead atoms. The average molecular weight is 478 g/mol. The highest BCUT2D eigenvalue weighted by atomic mass is 32.2. The molecule has 3 aromatic rings. The van der Waals surface area contributed by atoms with Crippen molar-refractivity contribution in [3.63, 3.8) is 0 Å². The SMILES string of the molecule is Cc1cccn2c(=O)c(/C=C3\SC(=S)N(C)C3=O)c(N3CCN(c4ccccc4)CC3)nc12. The summed E-state index contributed by atoms with van der Waals surface area (Å²) in [6.45, 7) is 5.02. The number of fused-ring (bicyclic) bond motifs is 1. The number of hydrogen-bond donors (Lipinski definition) is 0. The highest BCUT2D eigenvalue weighted by Crippen LogP contribution is 2.33. The minimum atomic E-state index is -0.196. The number of nitrogens with zero attached hydrogens (tertiary/aromatic N) is 5. The minimum absolute atomic E-state index is 0.189. The molecule has 33 heavy (non-hydrogen) atoms. The van der Waals surface area contributed by atoms with Gasteiger partial charge in [0.05, 0.1) is 10.5 Å². The fourth-order valence-corrected chi connectivity index (χ4v) is 5.32. The predicted octanol–water partition coefficient (Wildman–Crippen LogP) is 3.16. The lowest BCUT2D eigenvalue weighted by Crippen LogP contribution is -2.47. The lowest BCUT2D eigenvalue weighted by atomic mass is 10.2. The fraction of sp³-hybridized carbons (Fsp3) is 0.250. The summed E-state index contributed by atoms with van der Waals surface area (Å²) in [5.41, 5.74) is 2.96. The second-order valence-corrected chi connectivity index (χ2v) is 9.77. The van der Waals surface area contributed by atoms with Gasteiger partial charge in [-0.05, 0) is 36.8 Å². The van der Waals surface area contributed by atoms with Crippen molar-refractivity contribution in [1.82, 2.24) is 14.3 Å². The van der Waals surface area contributed by atoms with Gasteiger partial charge in [0, 0.05) is 45.1 Å². The Hall–Kier alpha value is -3.17. The summed E-state index contributed by atoms with van der Waals surface area (Å²) in [5.74, 6) is 0.418. The Morgan fingerprint density at radius 2 is 1.70 bits per heavy atom. The Bertz CT molecular complexity index is 1340. The molecule has 2 fully saturated rings. The molecule has 0 radical (unpaired) electrons. The number of benzene rings is 1. The monoisotopic (exact) mass is 477 g/mol. The van der Waals surface area contributed by atoms with Gasteiger partial charge in [-0.15, -0.1) is 0 Å². The first kappa shape index (κ1) is 21.7. The van der Waals surface area contributed by atoms with Crippen LogP contribution in [0, 0.1) is 6.92 Å².